The summed E-state index contributed by atoms with van der Waals surface area (Å²) in [5.41, 5.74) is -0.428. The monoisotopic (exact) mass is 232 g/mol. The first-order valence-corrected chi connectivity index (χ1v) is 6.03. The van der Waals surface area contributed by atoms with Crippen molar-refractivity contribution in [3.05, 3.63) is 0 Å². The minimum Gasteiger partial charge on any atom is -0.269 e. The van der Waals surface area contributed by atoms with Crippen molar-refractivity contribution < 1.29 is 19.6 Å². The predicted molar refractivity (Wildman–Crippen MR) is 61.3 cm³/mol. The molecule has 0 bridgehead atoms. The van der Waals surface area contributed by atoms with Crippen LogP contribution < -0.4 is 0 Å². The maximum absolute atomic E-state index is 11.4. The van der Waals surface area contributed by atoms with E-state index in [9.17, 15) is 4.79 Å². The summed E-state index contributed by atoms with van der Waals surface area (Å²) in [6, 6.07) is 0. The normalized spacial score (nSPS) is 11.9. The smallest absolute Gasteiger partial charge is 0.269 e. The van der Waals surface area contributed by atoms with Gasteiger partial charge in [0.2, 0.25) is 0 Å². The third-order valence-corrected chi connectivity index (χ3v) is 2.55. The molecule has 0 aliphatic heterocycles. The van der Waals surface area contributed by atoms with Gasteiger partial charge in [-0.3, -0.25) is 4.89 Å². The predicted octanol–water partition coefficient (Wildman–Crippen LogP) is 3.41. The van der Waals surface area contributed by atoms with Crippen LogP contribution in [0.25, 0.3) is 0 Å². The van der Waals surface area contributed by atoms with Gasteiger partial charge in [0.1, 0.15) is 5.60 Å². The zero-order valence-corrected chi connectivity index (χ0v) is 11.0. The molecule has 0 N–H and O–H groups in total. The van der Waals surface area contributed by atoms with E-state index in [-0.39, 0.29) is 11.9 Å². The molecule has 0 saturated heterocycles. The molecule has 0 aromatic heterocycles. The number of carbonyl (C=O) groups is 1. The highest BCUT2D eigenvalue weighted by Gasteiger charge is 2.22. The average molecular weight is 232 g/mol. The maximum Gasteiger partial charge on any atom is 0.348 e. The largest absolute Gasteiger partial charge is 0.348 e. The fourth-order valence-corrected chi connectivity index (χ4v) is 1.48. The van der Waals surface area contributed by atoms with Gasteiger partial charge in [0.05, 0.1) is 5.92 Å². The molecule has 0 aliphatic carbocycles. The summed E-state index contributed by atoms with van der Waals surface area (Å²) in [6.45, 7) is 9.72. The highest BCUT2D eigenvalue weighted by molar-refractivity contribution is 5.71. The van der Waals surface area contributed by atoms with E-state index in [0.717, 1.165) is 25.7 Å². The van der Waals surface area contributed by atoms with E-state index in [1.54, 1.807) is 0 Å². The molecule has 0 aromatic rings. The second-order valence-corrected chi connectivity index (χ2v) is 4.58. The van der Waals surface area contributed by atoms with Crippen LogP contribution in [0.4, 0.5) is 0 Å². The van der Waals surface area contributed by atoms with Crippen LogP contribution in [0.1, 0.15) is 60.3 Å². The van der Waals surface area contributed by atoms with Gasteiger partial charge in [-0.25, -0.2) is 4.79 Å². The SMILES string of the molecule is CCCC(C)(C)OOOC(=O)C(CC)CC. The fraction of sp³-hybridized carbons (Fsp3) is 0.917. The van der Waals surface area contributed by atoms with Gasteiger partial charge >= 0.3 is 5.97 Å². The van der Waals surface area contributed by atoms with Crippen molar-refractivity contribution in [2.45, 2.75) is 65.9 Å². The Kier molecular flexibility index (Phi) is 7.34. The van der Waals surface area contributed by atoms with Gasteiger partial charge in [0, 0.05) is 0 Å². The first kappa shape index (κ1) is 15.4. The minimum atomic E-state index is -0.428. The number of rotatable bonds is 8. The summed E-state index contributed by atoms with van der Waals surface area (Å²) >= 11 is 0. The van der Waals surface area contributed by atoms with E-state index in [1.165, 1.54) is 0 Å². The Hall–Kier alpha value is -0.610. The Bertz CT molecular complexity index is 197. The van der Waals surface area contributed by atoms with Crippen molar-refractivity contribution >= 4 is 5.97 Å². The van der Waals surface area contributed by atoms with Gasteiger partial charge in [0.15, 0.2) is 0 Å². The molecule has 0 aliphatic rings. The van der Waals surface area contributed by atoms with Crippen LogP contribution in [-0.2, 0) is 19.6 Å². The van der Waals surface area contributed by atoms with E-state index in [2.05, 4.69) is 16.8 Å². The van der Waals surface area contributed by atoms with Gasteiger partial charge in [-0.05, 0) is 38.1 Å². The van der Waals surface area contributed by atoms with Crippen LogP contribution in [0.15, 0.2) is 0 Å². The molecule has 0 atom stereocenters. The highest BCUT2D eigenvalue weighted by atomic mass is 17.5. The minimum absolute atomic E-state index is 0.113. The van der Waals surface area contributed by atoms with E-state index >= 15 is 0 Å². The van der Waals surface area contributed by atoms with Gasteiger partial charge in [-0.1, -0.05) is 27.2 Å². The van der Waals surface area contributed by atoms with Crippen LogP contribution >= 0.6 is 0 Å². The molecule has 0 spiro atoms. The van der Waals surface area contributed by atoms with Gasteiger partial charge < -0.3 is 0 Å². The van der Waals surface area contributed by atoms with E-state index in [4.69, 9.17) is 4.89 Å². The zero-order valence-electron chi connectivity index (χ0n) is 11.0. The average Bonchev–Trinajstić information content (AvgIpc) is 2.19. The summed E-state index contributed by atoms with van der Waals surface area (Å²) in [5, 5.41) is 4.55. The van der Waals surface area contributed by atoms with Crippen LogP contribution in [-0.4, -0.2) is 11.6 Å². The second kappa shape index (κ2) is 7.63. The summed E-state index contributed by atoms with van der Waals surface area (Å²) in [5.74, 6) is -0.477. The fourth-order valence-electron chi connectivity index (χ4n) is 1.48. The van der Waals surface area contributed by atoms with Crippen LogP contribution in [0.3, 0.4) is 0 Å². The molecular formula is C12H24O4. The highest BCUT2D eigenvalue weighted by Crippen LogP contribution is 2.17. The molecule has 16 heavy (non-hydrogen) atoms. The van der Waals surface area contributed by atoms with E-state index in [1.807, 2.05) is 27.7 Å². The molecule has 0 saturated carbocycles. The second-order valence-electron chi connectivity index (χ2n) is 4.58. The quantitative estimate of drug-likeness (QED) is 0.475. The van der Waals surface area contributed by atoms with Crippen molar-refractivity contribution in [3.8, 4) is 0 Å². The van der Waals surface area contributed by atoms with E-state index in [0.29, 0.717) is 0 Å². The summed E-state index contributed by atoms with van der Waals surface area (Å²) < 4.78 is 0. The van der Waals surface area contributed by atoms with Crippen molar-refractivity contribution in [1.29, 1.82) is 0 Å². The Morgan fingerprint density at radius 2 is 1.75 bits per heavy atom. The molecule has 4 heteroatoms. The van der Waals surface area contributed by atoms with Gasteiger partial charge in [0.25, 0.3) is 0 Å². The molecule has 0 rings (SSSR count). The molecular weight excluding hydrogens is 208 g/mol. The summed E-state index contributed by atoms with van der Waals surface area (Å²) in [6.07, 6.45) is 3.32. The Morgan fingerprint density at radius 1 is 1.19 bits per heavy atom. The van der Waals surface area contributed by atoms with Crippen molar-refractivity contribution in [2.24, 2.45) is 5.92 Å². The number of carbonyl (C=O) groups excluding carboxylic acids is 1. The first-order valence-electron chi connectivity index (χ1n) is 6.03. The molecule has 4 nitrogen and oxygen atoms in total. The van der Waals surface area contributed by atoms with Crippen molar-refractivity contribution in [3.63, 3.8) is 0 Å². The van der Waals surface area contributed by atoms with Crippen LogP contribution in [0.5, 0.6) is 0 Å². The van der Waals surface area contributed by atoms with Gasteiger partial charge in [-0.2, -0.15) is 4.89 Å². The van der Waals surface area contributed by atoms with Crippen LogP contribution in [0.2, 0.25) is 0 Å². The van der Waals surface area contributed by atoms with Crippen molar-refractivity contribution in [2.75, 3.05) is 0 Å². The van der Waals surface area contributed by atoms with Crippen molar-refractivity contribution in [1.82, 2.24) is 0 Å². The molecule has 0 aromatic carbocycles. The Balaban J connectivity index is 3.85. The lowest BCUT2D eigenvalue weighted by Crippen LogP contribution is -2.26. The Morgan fingerprint density at radius 3 is 2.19 bits per heavy atom. The standard InChI is InChI=1S/C12H24O4/c1-6-9-12(4,5)15-16-14-11(13)10(7-2)8-3/h10H,6-9H2,1-5H3. The summed E-state index contributed by atoms with van der Waals surface area (Å²) in [4.78, 5) is 21.1. The lowest BCUT2D eigenvalue weighted by Gasteiger charge is -2.21. The molecule has 0 radical (unpaired) electrons. The third-order valence-electron chi connectivity index (χ3n) is 2.55. The first-order chi connectivity index (χ1) is 7.46. The van der Waals surface area contributed by atoms with Gasteiger partial charge in [-0.15, -0.1) is 0 Å². The molecule has 0 amide bonds. The molecule has 0 heterocycles. The summed E-state index contributed by atoms with van der Waals surface area (Å²) in [7, 11) is 0. The Labute approximate surface area is 98.1 Å². The van der Waals surface area contributed by atoms with Crippen LogP contribution in [0, 0.1) is 5.92 Å². The topological polar surface area (TPSA) is 44.8 Å². The van der Waals surface area contributed by atoms with E-state index < -0.39 is 5.60 Å². The molecule has 0 fully saturated rings. The lowest BCUT2D eigenvalue weighted by molar-refractivity contribution is -0.518. The maximum atomic E-state index is 11.4. The number of hydrogen-bond acceptors (Lipinski definition) is 4. The molecule has 0 unspecified atom stereocenters. The number of hydrogen-bond donors (Lipinski definition) is 0. The zero-order chi connectivity index (χ0) is 12.6. The molecule has 96 valence electrons. The third kappa shape index (κ3) is 6.08. The lowest BCUT2D eigenvalue weighted by atomic mass is 10.0.